The fourth-order valence-electron chi connectivity index (χ4n) is 3.95. The highest BCUT2D eigenvalue weighted by molar-refractivity contribution is 7.09. The van der Waals surface area contributed by atoms with Gasteiger partial charge < -0.3 is 14.5 Å². The number of para-hydroxylation sites is 2. The number of methoxy groups -OCH3 is 1. The van der Waals surface area contributed by atoms with E-state index in [-0.39, 0.29) is 0 Å². The van der Waals surface area contributed by atoms with Gasteiger partial charge in [0, 0.05) is 63.7 Å². The third-order valence-corrected chi connectivity index (χ3v) is 6.51. The number of aromatic nitrogens is 1. The minimum absolute atomic E-state index is 0.978. The molecule has 1 saturated heterocycles. The summed E-state index contributed by atoms with van der Waals surface area (Å²) in [5.41, 5.74) is 4.56. The molecule has 1 aromatic heterocycles. The number of thiazole rings is 1. The summed E-state index contributed by atoms with van der Waals surface area (Å²) in [5, 5.41) is 0. The Kier molecular flexibility index (Phi) is 5.72. The van der Waals surface area contributed by atoms with E-state index in [1.54, 1.807) is 7.11 Å². The molecular formula is C20H28N4OS. The standard InChI is InChI=1S/C20H28N4OS/c1-25-19-5-3-2-4-18(19)24-14-12-23(13-15-24)11-10-22-8-6-17-20(7-9-22)26-16-21-17/h2-5,16H,6-15H2,1H3. The number of fused-ring (bicyclic) bond motifs is 1. The Morgan fingerprint density at radius 1 is 0.962 bits per heavy atom. The Labute approximate surface area is 160 Å². The molecule has 5 nitrogen and oxygen atoms in total. The largest absolute Gasteiger partial charge is 0.495 e. The van der Waals surface area contributed by atoms with Crippen LogP contribution in [0.5, 0.6) is 5.75 Å². The maximum absolute atomic E-state index is 5.52. The molecule has 0 amide bonds. The molecule has 0 aliphatic carbocycles. The van der Waals surface area contributed by atoms with Crippen molar-refractivity contribution in [2.75, 3.05) is 64.4 Å². The lowest BCUT2D eigenvalue weighted by molar-refractivity contribution is 0.200. The Balaban J connectivity index is 1.24. The van der Waals surface area contributed by atoms with Crippen LogP contribution in [-0.2, 0) is 12.8 Å². The van der Waals surface area contributed by atoms with Crippen LogP contribution in [0.3, 0.4) is 0 Å². The second-order valence-corrected chi connectivity index (χ2v) is 8.00. The first-order chi connectivity index (χ1) is 12.8. The Hall–Kier alpha value is -1.63. The van der Waals surface area contributed by atoms with Crippen LogP contribution >= 0.6 is 11.3 Å². The van der Waals surface area contributed by atoms with Gasteiger partial charge in [-0.05, 0) is 18.6 Å². The smallest absolute Gasteiger partial charge is 0.142 e. The van der Waals surface area contributed by atoms with E-state index in [1.165, 1.54) is 42.3 Å². The lowest BCUT2D eigenvalue weighted by atomic mass is 10.2. The molecule has 2 aromatic rings. The van der Waals surface area contributed by atoms with Gasteiger partial charge in [-0.25, -0.2) is 4.98 Å². The monoisotopic (exact) mass is 372 g/mol. The van der Waals surface area contributed by atoms with E-state index in [0.29, 0.717) is 0 Å². The molecule has 0 saturated carbocycles. The van der Waals surface area contributed by atoms with E-state index in [0.717, 1.165) is 44.9 Å². The van der Waals surface area contributed by atoms with Gasteiger partial charge in [-0.15, -0.1) is 11.3 Å². The summed E-state index contributed by atoms with van der Waals surface area (Å²) < 4.78 is 5.52. The van der Waals surface area contributed by atoms with Gasteiger partial charge in [-0.1, -0.05) is 12.1 Å². The quantitative estimate of drug-likeness (QED) is 0.805. The van der Waals surface area contributed by atoms with Crippen LogP contribution in [0.4, 0.5) is 5.69 Å². The molecule has 0 N–H and O–H groups in total. The van der Waals surface area contributed by atoms with Gasteiger partial charge in [-0.2, -0.15) is 0 Å². The van der Waals surface area contributed by atoms with Crippen molar-refractivity contribution in [3.63, 3.8) is 0 Å². The second-order valence-electron chi connectivity index (χ2n) is 7.06. The third-order valence-electron chi connectivity index (χ3n) is 5.58. The Morgan fingerprint density at radius 3 is 2.50 bits per heavy atom. The summed E-state index contributed by atoms with van der Waals surface area (Å²) in [6.07, 6.45) is 2.28. The topological polar surface area (TPSA) is 31.8 Å². The number of piperazine rings is 1. The molecule has 140 valence electrons. The normalized spacial score (nSPS) is 19.2. The van der Waals surface area contributed by atoms with Crippen molar-refractivity contribution in [1.29, 1.82) is 0 Å². The first-order valence-electron chi connectivity index (χ1n) is 9.57. The molecule has 0 radical (unpaired) electrons. The van der Waals surface area contributed by atoms with Gasteiger partial charge >= 0.3 is 0 Å². The third kappa shape index (κ3) is 4.03. The van der Waals surface area contributed by atoms with E-state index in [1.807, 2.05) is 22.9 Å². The highest BCUT2D eigenvalue weighted by atomic mass is 32.1. The van der Waals surface area contributed by atoms with Gasteiger partial charge in [0.2, 0.25) is 0 Å². The van der Waals surface area contributed by atoms with Crippen molar-refractivity contribution >= 4 is 17.0 Å². The fourth-order valence-corrected chi connectivity index (χ4v) is 4.75. The van der Waals surface area contributed by atoms with Crippen LogP contribution < -0.4 is 9.64 Å². The van der Waals surface area contributed by atoms with Crippen molar-refractivity contribution in [3.8, 4) is 5.75 Å². The number of ether oxygens (including phenoxy) is 1. The highest BCUT2D eigenvalue weighted by Crippen LogP contribution is 2.28. The molecule has 4 rings (SSSR count). The molecular weight excluding hydrogens is 344 g/mol. The van der Waals surface area contributed by atoms with Gasteiger partial charge in [0.05, 0.1) is 24.0 Å². The average Bonchev–Trinajstić information content (AvgIpc) is 3.06. The van der Waals surface area contributed by atoms with Crippen LogP contribution in [0, 0.1) is 0 Å². The number of nitrogens with zero attached hydrogens (tertiary/aromatic N) is 4. The van der Waals surface area contributed by atoms with E-state index in [4.69, 9.17) is 4.74 Å². The van der Waals surface area contributed by atoms with Gasteiger partial charge in [0.25, 0.3) is 0 Å². The molecule has 6 heteroatoms. The van der Waals surface area contributed by atoms with E-state index >= 15 is 0 Å². The van der Waals surface area contributed by atoms with Crippen molar-refractivity contribution in [2.24, 2.45) is 0 Å². The summed E-state index contributed by atoms with van der Waals surface area (Å²) in [4.78, 5) is 13.7. The number of hydrogen-bond donors (Lipinski definition) is 0. The second kappa shape index (κ2) is 8.37. The molecule has 1 aromatic carbocycles. The first-order valence-corrected chi connectivity index (χ1v) is 10.5. The zero-order valence-corrected chi connectivity index (χ0v) is 16.4. The summed E-state index contributed by atoms with van der Waals surface area (Å²) >= 11 is 1.82. The molecule has 0 unspecified atom stereocenters. The van der Waals surface area contributed by atoms with E-state index < -0.39 is 0 Å². The van der Waals surface area contributed by atoms with Crippen molar-refractivity contribution in [3.05, 3.63) is 40.3 Å². The van der Waals surface area contributed by atoms with Gasteiger partial charge in [0.15, 0.2) is 0 Å². The maximum Gasteiger partial charge on any atom is 0.142 e. The lowest BCUT2D eigenvalue weighted by Crippen LogP contribution is -2.48. The van der Waals surface area contributed by atoms with Gasteiger partial charge in [0.1, 0.15) is 5.75 Å². The molecule has 2 aliphatic heterocycles. The van der Waals surface area contributed by atoms with Crippen molar-refractivity contribution < 1.29 is 4.74 Å². The number of rotatable bonds is 5. The molecule has 0 atom stereocenters. The summed E-state index contributed by atoms with van der Waals surface area (Å²) in [7, 11) is 1.75. The minimum atomic E-state index is 0.978. The maximum atomic E-state index is 5.52. The predicted octanol–water partition coefficient (Wildman–Crippen LogP) is 2.37. The molecule has 26 heavy (non-hydrogen) atoms. The Morgan fingerprint density at radius 2 is 1.69 bits per heavy atom. The average molecular weight is 373 g/mol. The fraction of sp³-hybridized carbons (Fsp3) is 0.550. The van der Waals surface area contributed by atoms with Crippen LogP contribution in [0.2, 0.25) is 0 Å². The summed E-state index contributed by atoms with van der Waals surface area (Å²) in [6.45, 7) is 9.06. The van der Waals surface area contributed by atoms with Crippen LogP contribution in [0.25, 0.3) is 0 Å². The number of benzene rings is 1. The molecule has 0 spiro atoms. The van der Waals surface area contributed by atoms with Crippen LogP contribution in [0.15, 0.2) is 29.8 Å². The molecule has 3 heterocycles. The SMILES string of the molecule is COc1ccccc1N1CCN(CCN2CCc3ncsc3CC2)CC1. The van der Waals surface area contributed by atoms with Crippen LogP contribution in [0.1, 0.15) is 10.6 Å². The summed E-state index contributed by atoms with van der Waals surface area (Å²) in [6, 6.07) is 8.35. The van der Waals surface area contributed by atoms with Crippen LogP contribution in [-0.4, -0.2) is 74.3 Å². The number of anilines is 1. The summed E-state index contributed by atoms with van der Waals surface area (Å²) in [5.74, 6) is 0.978. The highest BCUT2D eigenvalue weighted by Gasteiger charge is 2.21. The zero-order valence-electron chi connectivity index (χ0n) is 15.6. The van der Waals surface area contributed by atoms with E-state index in [2.05, 4.69) is 37.9 Å². The molecule has 0 bridgehead atoms. The molecule has 1 fully saturated rings. The molecule has 2 aliphatic rings. The van der Waals surface area contributed by atoms with Crippen molar-refractivity contribution in [1.82, 2.24) is 14.8 Å². The predicted molar refractivity (Wildman–Crippen MR) is 108 cm³/mol. The lowest BCUT2D eigenvalue weighted by Gasteiger charge is -2.37. The minimum Gasteiger partial charge on any atom is -0.495 e. The number of hydrogen-bond acceptors (Lipinski definition) is 6. The van der Waals surface area contributed by atoms with Crippen molar-refractivity contribution in [2.45, 2.75) is 12.8 Å². The van der Waals surface area contributed by atoms with Gasteiger partial charge in [-0.3, -0.25) is 4.90 Å². The zero-order chi connectivity index (χ0) is 17.8. The first kappa shape index (κ1) is 17.8. The van der Waals surface area contributed by atoms with E-state index in [9.17, 15) is 0 Å². The Bertz CT molecular complexity index is 689.